The van der Waals surface area contributed by atoms with Gasteiger partial charge >= 0.3 is 0 Å². The summed E-state index contributed by atoms with van der Waals surface area (Å²) in [5.74, 6) is 0.234. The second-order valence-electron chi connectivity index (χ2n) is 4.07. The summed E-state index contributed by atoms with van der Waals surface area (Å²) < 4.78 is 31.9. The Morgan fingerprint density at radius 3 is 2.61 bits per heavy atom. The van der Waals surface area contributed by atoms with E-state index in [-0.39, 0.29) is 23.3 Å². The van der Waals surface area contributed by atoms with Gasteiger partial charge in [0.15, 0.2) is 0 Å². The Bertz CT molecular complexity index is 499. The lowest BCUT2D eigenvalue weighted by Crippen LogP contribution is -2.32. The van der Waals surface area contributed by atoms with E-state index in [1.54, 1.807) is 13.0 Å². The third kappa shape index (κ3) is 3.44. The summed E-state index contributed by atoms with van der Waals surface area (Å²) in [6, 6.07) is 4.38. The lowest BCUT2D eigenvalue weighted by Gasteiger charge is -2.15. The minimum Gasteiger partial charge on any atom is -0.495 e. The number of ether oxygens (including phenoxy) is 1. The predicted octanol–water partition coefficient (Wildman–Crippen LogP) is 1.26. The van der Waals surface area contributed by atoms with Crippen LogP contribution < -0.4 is 9.46 Å². The Kier molecular flexibility index (Phi) is 5.13. The minimum absolute atomic E-state index is 0.0856. The number of hydrogen-bond donors (Lipinski definition) is 2. The van der Waals surface area contributed by atoms with Crippen molar-refractivity contribution in [1.82, 2.24) is 4.72 Å². The van der Waals surface area contributed by atoms with Crippen LogP contribution in [0.15, 0.2) is 23.1 Å². The smallest absolute Gasteiger partial charge is 0.244 e. The molecule has 0 aliphatic carbocycles. The molecule has 0 bridgehead atoms. The number of aliphatic hydroxyl groups excluding tert-OH is 1. The predicted molar refractivity (Wildman–Crippen MR) is 69.0 cm³/mol. The van der Waals surface area contributed by atoms with E-state index in [0.717, 1.165) is 0 Å². The van der Waals surface area contributed by atoms with Crippen molar-refractivity contribution in [3.8, 4) is 5.75 Å². The van der Waals surface area contributed by atoms with E-state index < -0.39 is 10.0 Å². The van der Waals surface area contributed by atoms with E-state index in [9.17, 15) is 8.42 Å². The second-order valence-corrected chi connectivity index (χ2v) is 5.76. The van der Waals surface area contributed by atoms with Crippen LogP contribution in [-0.4, -0.2) is 26.7 Å². The van der Waals surface area contributed by atoms with Crippen molar-refractivity contribution in [3.05, 3.63) is 23.8 Å². The van der Waals surface area contributed by atoms with Gasteiger partial charge in [-0.2, -0.15) is 0 Å². The number of methoxy groups -OCH3 is 1. The SMILES string of the molecule is CCC(C)NS(=O)(=O)c1ccc(CO)cc1OC. The van der Waals surface area contributed by atoms with Crippen LogP contribution in [0.1, 0.15) is 25.8 Å². The first-order valence-corrected chi connectivity index (χ1v) is 7.23. The van der Waals surface area contributed by atoms with Crippen molar-refractivity contribution in [2.75, 3.05) is 7.11 Å². The number of hydrogen-bond acceptors (Lipinski definition) is 4. The van der Waals surface area contributed by atoms with E-state index in [1.165, 1.54) is 19.2 Å². The second kappa shape index (κ2) is 6.17. The Balaban J connectivity index is 3.15. The molecule has 2 N–H and O–H groups in total. The molecule has 0 saturated carbocycles. The standard InChI is InChI=1S/C12H19NO4S/c1-4-9(2)13-18(15,16)12-6-5-10(8-14)7-11(12)17-3/h5-7,9,13-14H,4,8H2,1-3H3. The first-order valence-electron chi connectivity index (χ1n) is 5.74. The normalized spacial score (nSPS) is 13.3. The fraction of sp³-hybridized carbons (Fsp3) is 0.500. The van der Waals surface area contributed by atoms with E-state index in [1.807, 2.05) is 6.92 Å². The van der Waals surface area contributed by atoms with Gasteiger partial charge in [0, 0.05) is 6.04 Å². The first kappa shape index (κ1) is 14.9. The fourth-order valence-electron chi connectivity index (χ4n) is 1.44. The molecular weight excluding hydrogens is 254 g/mol. The zero-order valence-corrected chi connectivity index (χ0v) is 11.6. The highest BCUT2D eigenvalue weighted by Crippen LogP contribution is 2.25. The molecule has 0 aliphatic rings. The van der Waals surface area contributed by atoms with Crippen LogP contribution in [-0.2, 0) is 16.6 Å². The molecule has 1 unspecified atom stereocenters. The van der Waals surface area contributed by atoms with Gasteiger partial charge in [0.2, 0.25) is 10.0 Å². The van der Waals surface area contributed by atoms with Crippen LogP contribution in [0.2, 0.25) is 0 Å². The molecule has 0 fully saturated rings. The van der Waals surface area contributed by atoms with Gasteiger partial charge in [0.25, 0.3) is 0 Å². The average molecular weight is 273 g/mol. The molecule has 1 rings (SSSR count). The molecular formula is C12H19NO4S. The molecule has 5 nitrogen and oxygen atoms in total. The van der Waals surface area contributed by atoms with Gasteiger partial charge in [0.05, 0.1) is 13.7 Å². The van der Waals surface area contributed by atoms with Crippen molar-refractivity contribution in [2.24, 2.45) is 0 Å². The first-order chi connectivity index (χ1) is 8.44. The maximum atomic E-state index is 12.1. The molecule has 18 heavy (non-hydrogen) atoms. The zero-order valence-electron chi connectivity index (χ0n) is 10.8. The van der Waals surface area contributed by atoms with Gasteiger partial charge < -0.3 is 9.84 Å². The Labute approximate surface area is 108 Å². The van der Waals surface area contributed by atoms with E-state index in [2.05, 4.69) is 4.72 Å². The van der Waals surface area contributed by atoms with Gasteiger partial charge in [-0.05, 0) is 31.0 Å². The molecule has 1 atom stereocenters. The molecule has 0 aliphatic heterocycles. The average Bonchev–Trinajstić information content (AvgIpc) is 2.37. The van der Waals surface area contributed by atoms with Crippen molar-refractivity contribution >= 4 is 10.0 Å². The minimum atomic E-state index is -3.60. The molecule has 6 heteroatoms. The fourth-order valence-corrected chi connectivity index (χ4v) is 2.92. The van der Waals surface area contributed by atoms with Crippen molar-refractivity contribution in [2.45, 2.75) is 37.8 Å². The molecule has 0 radical (unpaired) electrons. The summed E-state index contributed by atoms with van der Waals surface area (Å²) >= 11 is 0. The molecule has 0 amide bonds. The third-order valence-electron chi connectivity index (χ3n) is 2.67. The topological polar surface area (TPSA) is 75.6 Å². The summed E-state index contributed by atoms with van der Waals surface area (Å²) in [5, 5.41) is 9.01. The lowest BCUT2D eigenvalue weighted by atomic mass is 10.2. The number of rotatable bonds is 6. The van der Waals surface area contributed by atoms with Crippen LogP contribution >= 0.6 is 0 Å². The number of benzene rings is 1. The van der Waals surface area contributed by atoms with Crippen molar-refractivity contribution < 1.29 is 18.3 Å². The van der Waals surface area contributed by atoms with Crippen LogP contribution in [0.4, 0.5) is 0 Å². The van der Waals surface area contributed by atoms with Crippen LogP contribution in [0.3, 0.4) is 0 Å². The quantitative estimate of drug-likeness (QED) is 0.818. The summed E-state index contributed by atoms with van der Waals surface area (Å²) in [6.07, 6.45) is 0.705. The maximum Gasteiger partial charge on any atom is 0.244 e. The monoisotopic (exact) mass is 273 g/mol. The van der Waals surface area contributed by atoms with E-state index in [4.69, 9.17) is 9.84 Å². The van der Waals surface area contributed by atoms with Gasteiger partial charge in [0.1, 0.15) is 10.6 Å². The van der Waals surface area contributed by atoms with E-state index in [0.29, 0.717) is 12.0 Å². The number of sulfonamides is 1. The molecule has 1 aromatic rings. The highest BCUT2D eigenvalue weighted by Gasteiger charge is 2.21. The van der Waals surface area contributed by atoms with Gasteiger partial charge in [-0.3, -0.25) is 0 Å². The Hall–Kier alpha value is -1.11. The maximum absolute atomic E-state index is 12.1. The van der Waals surface area contributed by atoms with Crippen LogP contribution in [0.5, 0.6) is 5.75 Å². The van der Waals surface area contributed by atoms with Gasteiger partial charge in [-0.25, -0.2) is 13.1 Å². The van der Waals surface area contributed by atoms with Gasteiger partial charge in [-0.1, -0.05) is 13.0 Å². The molecule has 1 aromatic carbocycles. The highest BCUT2D eigenvalue weighted by molar-refractivity contribution is 7.89. The molecule has 0 spiro atoms. The van der Waals surface area contributed by atoms with Gasteiger partial charge in [-0.15, -0.1) is 0 Å². The molecule has 0 saturated heterocycles. The molecule has 0 aromatic heterocycles. The van der Waals surface area contributed by atoms with Crippen LogP contribution in [0, 0.1) is 0 Å². The molecule has 102 valence electrons. The van der Waals surface area contributed by atoms with E-state index >= 15 is 0 Å². The molecule has 0 heterocycles. The summed E-state index contributed by atoms with van der Waals surface area (Å²) in [6.45, 7) is 3.54. The lowest BCUT2D eigenvalue weighted by molar-refractivity contribution is 0.280. The zero-order chi connectivity index (χ0) is 13.8. The van der Waals surface area contributed by atoms with Crippen LogP contribution in [0.25, 0.3) is 0 Å². The highest BCUT2D eigenvalue weighted by atomic mass is 32.2. The Morgan fingerprint density at radius 2 is 2.11 bits per heavy atom. The summed E-state index contributed by atoms with van der Waals surface area (Å²) in [4.78, 5) is 0.0856. The Morgan fingerprint density at radius 1 is 1.44 bits per heavy atom. The number of aliphatic hydroxyl groups is 1. The summed E-state index contributed by atoms with van der Waals surface area (Å²) in [7, 11) is -2.19. The van der Waals surface area contributed by atoms with Crippen molar-refractivity contribution in [1.29, 1.82) is 0 Å². The van der Waals surface area contributed by atoms with Crippen molar-refractivity contribution in [3.63, 3.8) is 0 Å². The summed E-state index contributed by atoms with van der Waals surface area (Å²) in [5.41, 5.74) is 0.606. The number of nitrogens with one attached hydrogen (secondary N) is 1. The largest absolute Gasteiger partial charge is 0.495 e. The third-order valence-corrected chi connectivity index (χ3v) is 4.30.